The zero-order valence-corrected chi connectivity index (χ0v) is 15.7. The summed E-state index contributed by atoms with van der Waals surface area (Å²) in [5.74, 6) is 2.10. The molecule has 9 heteroatoms. The van der Waals surface area contributed by atoms with Crippen LogP contribution < -0.4 is 15.5 Å². The largest absolute Gasteiger partial charge is 0.384 e. The Hall–Kier alpha value is -2.16. The van der Waals surface area contributed by atoms with Gasteiger partial charge < -0.3 is 25.0 Å². The van der Waals surface area contributed by atoms with Crippen LogP contribution in [0.5, 0.6) is 0 Å². The third-order valence-electron chi connectivity index (χ3n) is 5.34. The Kier molecular flexibility index (Phi) is 4.26. The highest BCUT2D eigenvalue weighted by Crippen LogP contribution is 2.41. The molecule has 3 aliphatic heterocycles. The van der Waals surface area contributed by atoms with Gasteiger partial charge in [0, 0.05) is 43.4 Å². The highest BCUT2D eigenvalue weighted by Gasteiger charge is 2.37. The van der Waals surface area contributed by atoms with E-state index in [-0.39, 0.29) is 0 Å². The first-order valence-corrected chi connectivity index (χ1v) is 9.58. The first-order chi connectivity index (χ1) is 13.2. The fourth-order valence-corrected chi connectivity index (χ4v) is 4.22. The molecule has 0 amide bonds. The third-order valence-corrected chi connectivity index (χ3v) is 5.65. The van der Waals surface area contributed by atoms with Crippen molar-refractivity contribution in [2.45, 2.75) is 12.5 Å². The summed E-state index contributed by atoms with van der Waals surface area (Å²) in [5, 5.41) is 0.553. The highest BCUT2D eigenvalue weighted by atomic mass is 35.5. The second-order valence-corrected chi connectivity index (χ2v) is 7.40. The van der Waals surface area contributed by atoms with Gasteiger partial charge in [0.05, 0.1) is 43.2 Å². The second-order valence-electron chi connectivity index (χ2n) is 6.99. The molecule has 0 radical (unpaired) electrons. The Morgan fingerprint density at radius 1 is 1.11 bits per heavy atom. The number of halogens is 1. The molecular weight excluding hydrogens is 368 g/mol. The van der Waals surface area contributed by atoms with E-state index < -0.39 is 0 Å². The van der Waals surface area contributed by atoms with E-state index >= 15 is 0 Å². The van der Waals surface area contributed by atoms with E-state index in [4.69, 9.17) is 36.8 Å². The smallest absolute Gasteiger partial charge is 0.228 e. The topological polar surface area (TPSA) is 89.6 Å². The molecule has 1 atom stereocenters. The molecule has 0 bridgehead atoms. The van der Waals surface area contributed by atoms with Gasteiger partial charge in [-0.15, -0.1) is 0 Å². The molecule has 2 aromatic heterocycles. The molecule has 27 heavy (non-hydrogen) atoms. The summed E-state index contributed by atoms with van der Waals surface area (Å²) >= 11 is 6.50. The van der Waals surface area contributed by atoms with Crippen LogP contribution in [0.2, 0.25) is 5.02 Å². The molecule has 2 N–H and O–H groups in total. The summed E-state index contributed by atoms with van der Waals surface area (Å²) in [6.45, 7) is 5.17. The van der Waals surface area contributed by atoms with Crippen molar-refractivity contribution >= 4 is 29.2 Å². The van der Waals surface area contributed by atoms with Gasteiger partial charge >= 0.3 is 0 Å². The molecular formula is C18H21ClN6O2. The molecule has 8 nitrogen and oxygen atoms in total. The van der Waals surface area contributed by atoms with Gasteiger partial charge in [-0.25, -0.2) is 9.97 Å². The molecule has 0 aromatic carbocycles. The maximum absolute atomic E-state index is 6.50. The van der Waals surface area contributed by atoms with Crippen LogP contribution in [0.15, 0.2) is 12.3 Å². The summed E-state index contributed by atoms with van der Waals surface area (Å²) < 4.78 is 11.2. The first kappa shape index (κ1) is 17.0. The highest BCUT2D eigenvalue weighted by molar-refractivity contribution is 6.33. The van der Waals surface area contributed by atoms with Crippen molar-refractivity contribution in [1.82, 2.24) is 15.0 Å². The zero-order chi connectivity index (χ0) is 18.4. The SMILES string of the molecule is Nc1cc(Cl)c(-c2nc(N3CCOCC3)nc3c2CC2COCCN32)cn1. The van der Waals surface area contributed by atoms with Crippen molar-refractivity contribution in [3.05, 3.63) is 22.8 Å². The van der Waals surface area contributed by atoms with Crippen LogP contribution in [0.25, 0.3) is 11.3 Å². The van der Waals surface area contributed by atoms with Crippen molar-refractivity contribution in [3.63, 3.8) is 0 Å². The van der Waals surface area contributed by atoms with Crippen LogP contribution in [0.1, 0.15) is 5.56 Å². The number of morpholine rings is 2. The molecule has 142 valence electrons. The lowest BCUT2D eigenvalue weighted by molar-refractivity contribution is 0.0974. The van der Waals surface area contributed by atoms with Gasteiger partial charge in [-0.1, -0.05) is 11.6 Å². The van der Waals surface area contributed by atoms with E-state index in [0.29, 0.717) is 49.3 Å². The maximum Gasteiger partial charge on any atom is 0.228 e. The Labute approximate surface area is 162 Å². The predicted octanol–water partition coefficient (Wildman–Crippen LogP) is 1.37. The molecule has 0 spiro atoms. The molecule has 1 unspecified atom stereocenters. The molecule has 2 saturated heterocycles. The fraction of sp³-hybridized carbons (Fsp3) is 0.500. The van der Waals surface area contributed by atoms with Crippen molar-refractivity contribution in [1.29, 1.82) is 0 Å². The van der Waals surface area contributed by atoms with E-state index in [2.05, 4.69) is 14.8 Å². The van der Waals surface area contributed by atoms with Crippen LogP contribution in [-0.2, 0) is 15.9 Å². The second kappa shape index (κ2) is 6.78. The number of hydrogen-bond donors (Lipinski definition) is 1. The van der Waals surface area contributed by atoms with Crippen molar-refractivity contribution < 1.29 is 9.47 Å². The number of nitrogens with zero attached hydrogens (tertiary/aromatic N) is 5. The number of pyridine rings is 1. The quantitative estimate of drug-likeness (QED) is 0.825. The van der Waals surface area contributed by atoms with Gasteiger partial charge in [0.1, 0.15) is 11.6 Å². The number of nitrogen functional groups attached to an aromatic ring is 1. The third kappa shape index (κ3) is 2.97. The van der Waals surface area contributed by atoms with Gasteiger partial charge in [-0.05, 0) is 6.07 Å². The Balaban J connectivity index is 1.65. The number of nitrogens with two attached hydrogens (primary N) is 1. The lowest BCUT2D eigenvalue weighted by Crippen LogP contribution is -2.43. The summed E-state index contributed by atoms with van der Waals surface area (Å²) in [4.78, 5) is 18.6. The monoisotopic (exact) mass is 388 g/mol. The Morgan fingerprint density at radius 3 is 2.74 bits per heavy atom. The minimum Gasteiger partial charge on any atom is -0.384 e. The molecule has 5 rings (SSSR count). The normalized spacial score (nSPS) is 21.9. The van der Waals surface area contributed by atoms with Crippen molar-refractivity contribution in [2.75, 3.05) is 61.6 Å². The number of ether oxygens (including phenoxy) is 2. The van der Waals surface area contributed by atoms with Crippen LogP contribution in [0.3, 0.4) is 0 Å². The minimum atomic E-state index is 0.294. The molecule has 5 heterocycles. The summed E-state index contributed by atoms with van der Waals surface area (Å²) in [7, 11) is 0. The van der Waals surface area contributed by atoms with E-state index in [0.717, 1.165) is 48.7 Å². The molecule has 2 aromatic rings. The van der Waals surface area contributed by atoms with Crippen molar-refractivity contribution in [2.24, 2.45) is 0 Å². The Morgan fingerprint density at radius 2 is 1.93 bits per heavy atom. The van der Waals surface area contributed by atoms with Gasteiger partial charge in [0.25, 0.3) is 0 Å². The average molecular weight is 389 g/mol. The average Bonchev–Trinajstić information content (AvgIpc) is 3.07. The van der Waals surface area contributed by atoms with Crippen LogP contribution >= 0.6 is 11.6 Å². The number of rotatable bonds is 2. The molecule has 3 aliphatic rings. The summed E-state index contributed by atoms with van der Waals surface area (Å²) in [5.41, 5.74) is 8.53. The number of hydrogen-bond acceptors (Lipinski definition) is 8. The summed E-state index contributed by atoms with van der Waals surface area (Å²) in [6.07, 6.45) is 2.55. The lowest BCUT2D eigenvalue weighted by Gasteiger charge is -2.32. The van der Waals surface area contributed by atoms with Gasteiger partial charge in [0.15, 0.2) is 0 Å². The number of anilines is 3. The fourth-order valence-electron chi connectivity index (χ4n) is 3.97. The van der Waals surface area contributed by atoms with Gasteiger partial charge in [0.2, 0.25) is 5.95 Å². The number of fused-ring (bicyclic) bond motifs is 3. The number of aromatic nitrogens is 3. The zero-order valence-electron chi connectivity index (χ0n) is 14.9. The van der Waals surface area contributed by atoms with E-state index in [1.165, 1.54) is 0 Å². The maximum atomic E-state index is 6.50. The molecule has 0 saturated carbocycles. The molecule has 0 aliphatic carbocycles. The van der Waals surface area contributed by atoms with Crippen LogP contribution in [0, 0.1) is 0 Å². The van der Waals surface area contributed by atoms with E-state index in [9.17, 15) is 0 Å². The van der Waals surface area contributed by atoms with Gasteiger partial charge in [-0.3, -0.25) is 0 Å². The van der Waals surface area contributed by atoms with Crippen LogP contribution in [0.4, 0.5) is 17.6 Å². The predicted molar refractivity (Wildman–Crippen MR) is 103 cm³/mol. The minimum absolute atomic E-state index is 0.294. The standard InChI is InChI=1S/C18H21ClN6O2/c19-14-8-15(20)21-9-13(14)16-12-7-11-10-27-6-3-25(11)17(12)23-18(22-16)24-1-4-26-5-2-24/h8-9,11H,1-7,10H2,(H2,20,21). The molecule has 2 fully saturated rings. The first-order valence-electron chi connectivity index (χ1n) is 9.20. The van der Waals surface area contributed by atoms with Gasteiger partial charge in [-0.2, -0.15) is 4.98 Å². The van der Waals surface area contributed by atoms with E-state index in [1.54, 1.807) is 12.3 Å². The van der Waals surface area contributed by atoms with E-state index in [1.807, 2.05) is 0 Å². The summed E-state index contributed by atoms with van der Waals surface area (Å²) in [6, 6.07) is 1.97. The lowest BCUT2D eigenvalue weighted by atomic mass is 10.0. The van der Waals surface area contributed by atoms with Crippen molar-refractivity contribution in [3.8, 4) is 11.3 Å². The Bertz CT molecular complexity index is 873. The van der Waals surface area contributed by atoms with Crippen LogP contribution in [-0.4, -0.2) is 67.1 Å².